The van der Waals surface area contributed by atoms with Crippen LogP contribution in [0.15, 0.2) is 52.1 Å². The molecule has 0 radical (unpaired) electrons. The number of hydrogen-bond donors (Lipinski definition) is 2. The zero-order chi connectivity index (χ0) is 20.1. The molecule has 1 atom stereocenters. The molecule has 9 heteroatoms. The van der Waals surface area contributed by atoms with E-state index in [1.54, 1.807) is 47.8 Å². The molecule has 2 aromatic rings. The highest BCUT2D eigenvalue weighted by Gasteiger charge is 2.32. The minimum absolute atomic E-state index is 0.159. The first-order valence-corrected chi connectivity index (χ1v) is 11.5. The molecule has 0 unspecified atom stereocenters. The predicted molar refractivity (Wildman–Crippen MR) is 107 cm³/mol. The lowest BCUT2D eigenvalue weighted by Crippen LogP contribution is -3.12. The van der Waals surface area contributed by atoms with Crippen molar-refractivity contribution in [2.45, 2.75) is 9.46 Å². The topological polar surface area (TPSA) is 88.0 Å². The van der Waals surface area contributed by atoms with Crippen molar-refractivity contribution in [3.63, 3.8) is 0 Å². The molecule has 7 nitrogen and oxygen atoms in total. The molecular formula is C19H24N3O4S2+. The number of carbonyl (C=O) groups excluding carboxylic acids is 2. The summed E-state index contributed by atoms with van der Waals surface area (Å²) in [6, 6.07) is 12.0. The molecule has 1 aliphatic heterocycles. The summed E-state index contributed by atoms with van der Waals surface area (Å²) >= 11 is 1.14. The lowest BCUT2D eigenvalue weighted by Gasteiger charge is -2.29. The molecule has 28 heavy (non-hydrogen) atoms. The first kappa shape index (κ1) is 20.5. The number of thiophene rings is 1. The summed E-state index contributed by atoms with van der Waals surface area (Å²) in [6.07, 6.45) is 0. The standard InChI is InChI=1S/C19H23N3O4S2/c1-21-9-11-22(12-10-21)19(24)18(23)20-14-16(15-6-3-2-4-7-15)28(25,26)17-8-5-13-27-17/h2-8,13,16H,9-12,14H2,1H3,(H,20,23)/p+1/t16-/m1/s1. The maximum Gasteiger partial charge on any atom is 0.312 e. The van der Waals surface area contributed by atoms with E-state index < -0.39 is 26.9 Å². The Morgan fingerprint density at radius 3 is 2.43 bits per heavy atom. The van der Waals surface area contributed by atoms with E-state index in [1.165, 1.54) is 9.80 Å². The molecule has 1 aliphatic rings. The maximum absolute atomic E-state index is 13.1. The van der Waals surface area contributed by atoms with Crippen LogP contribution in [0.3, 0.4) is 0 Å². The highest BCUT2D eigenvalue weighted by molar-refractivity contribution is 7.93. The van der Waals surface area contributed by atoms with E-state index in [9.17, 15) is 18.0 Å². The monoisotopic (exact) mass is 422 g/mol. The Morgan fingerprint density at radius 1 is 1.14 bits per heavy atom. The average molecular weight is 423 g/mol. The molecule has 0 saturated carbocycles. The largest absolute Gasteiger partial charge is 0.346 e. The minimum Gasteiger partial charge on any atom is -0.346 e. The van der Waals surface area contributed by atoms with Crippen LogP contribution in [-0.2, 0) is 19.4 Å². The molecule has 0 bridgehead atoms. The maximum atomic E-state index is 13.1. The first-order valence-electron chi connectivity index (χ1n) is 9.10. The summed E-state index contributed by atoms with van der Waals surface area (Å²) in [5, 5.41) is 3.29. The molecule has 1 fully saturated rings. The van der Waals surface area contributed by atoms with Crippen molar-refractivity contribution >= 4 is 33.0 Å². The molecule has 1 saturated heterocycles. The van der Waals surface area contributed by atoms with Gasteiger partial charge < -0.3 is 15.1 Å². The minimum atomic E-state index is -3.69. The van der Waals surface area contributed by atoms with Crippen molar-refractivity contribution in [1.82, 2.24) is 10.2 Å². The van der Waals surface area contributed by atoms with Gasteiger partial charge in [0.2, 0.25) is 0 Å². The van der Waals surface area contributed by atoms with Gasteiger partial charge in [0.1, 0.15) is 9.46 Å². The van der Waals surface area contributed by atoms with Gasteiger partial charge in [0, 0.05) is 6.54 Å². The van der Waals surface area contributed by atoms with Gasteiger partial charge in [-0.15, -0.1) is 11.3 Å². The van der Waals surface area contributed by atoms with E-state index in [2.05, 4.69) is 5.32 Å². The van der Waals surface area contributed by atoms with Crippen LogP contribution in [0.1, 0.15) is 10.8 Å². The van der Waals surface area contributed by atoms with Crippen molar-refractivity contribution < 1.29 is 22.9 Å². The number of amides is 2. The van der Waals surface area contributed by atoms with Crippen molar-refractivity contribution in [2.75, 3.05) is 39.8 Å². The van der Waals surface area contributed by atoms with E-state index >= 15 is 0 Å². The fourth-order valence-electron chi connectivity index (χ4n) is 3.14. The van der Waals surface area contributed by atoms with E-state index in [0.29, 0.717) is 18.7 Å². The Labute approximate surface area is 168 Å². The normalized spacial score (nSPS) is 16.5. The third kappa shape index (κ3) is 4.60. The number of hydrogen-bond acceptors (Lipinski definition) is 5. The van der Waals surface area contributed by atoms with Crippen LogP contribution < -0.4 is 10.2 Å². The second-order valence-electron chi connectivity index (χ2n) is 6.84. The lowest BCUT2D eigenvalue weighted by molar-refractivity contribution is -0.883. The van der Waals surface area contributed by atoms with Crippen molar-refractivity contribution in [1.29, 1.82) is 0 Å². The predicted octanol–water partition coefficient (Wildman–Crippen LogP) is -0.264. The molecule has 2 N–H and O–H groups in total. The quantitative estimate of drug-likeness (QED) is 0.650. The fourth-order valence-corrected chi connectivity index (χ4v) is 6.00. The van der Waals surface area contributed by atoms with Gasteiger partial charge in [-0.25, -0.2) is 8.42 Å². The molecule has 2 amide bonds. The summed E-state index contributed by atoms with van der Waals surface area (Å²) in [5.74, 6) is -1.37. The van der Waals surface area contributed by atoms with Crippen LogP contribution in [0.4, 0.5) is 0 Å². The van der Waals surface area contributed by atoms with Crippen molar-refractivity contribution in [2.24, 2.45) is 0 Å². The van der Waals surface area contributed by atoms with Gasteiger partial charge in [-0.05, 0) is 17.0 Å². The smallest absolute Gasteiger partial charge is 0.312 e. The number of likely N-dealkylation sites (N-methyl/N-ethyl adjacent to an activating group) is 1. The number of quaternary nitrogens is 1. The number of nitrogens with zero attached hydrogens (tertiary/aromatic N) is 1. The van der Waals surface area contributed by atoms with Gasteiger partial charge in [0.25, 0.3) is 0 Å². The van der Waals surface area contributed by atoms with Crippen LogP contribution in [0.5, 0.6) is 0 Å². The Balaban J connectivity index is 1.74. The Kier molecular flexibility index (Phi) is 6.48. The lowest BCUT2D eigenvalue weighted by atomic mass is 10.1. The molecule has 3 rings (SSSR count). The van der Waals surface area contributed by atoms with E-state index in [-0.39, 0.29) is 10.8 Å². The summed E-state index contributed by atoms with van der Waals surface area (Å²) < 4.78 is 26.4. The average Bonchev–Trinajstić information content (AvgIpc) is 3.24. The van der Waals surface area contributed by atoms with E-state index in [0.717, 1.165) is 24.4 Å². The third-order valence-electron chi connectivity index (χ3n) is 4.87. The van der Waals surface area contributed by atoms with Crippen LogP contribution in [-0.4, -0.2) is 64.9 Å². The van der Waals surface area contributed by atoms with E-state index in [4.69, 9.17) is 0 Å². The highest BCUT2D eigenvalue weighted by atomic mass is 32.2. The molecule has 1 aromatic heterocycles. The molecule has 2 heterocycles. The zero-order valence-corrected chi connectivity index (χ0v) is 17.3. The summed E-state index contributed by atoms with van der Waals surface area (Å²) in [6.45, 7) is 2.46. The van der Waals surface area contributed by atoms with Crippen LogP contribution in [0.25, 0.3) is 0 Å². The van der Waals surface area contributed by atoms with Crippen LogP contribution in [0.2, 0.25) is 0 Å². The molecular weight excluding hydrogens is 398 g/mol. The van der Waals surface area contributed by atoms with Gasteiger partial charge in [0.05, 0.1) is 33.2 Å². The number of nitrogens with one attached hydrogen (secondary N) is 2. The zero-order valence-electron chi connectivity index (χ0n) is 15.6. The number of piperazine rings is 1. The van der Waals surface area contributed by atoms with Crippen molar-refractivity contribution in [3.05, 3.63) is 53.4 Å². The second-order valence-corrected chi connectivity index (χ2v) is 10.1. The van der Waals surface area contributed by atoms with Gasteiger partial charge in [-0.3, -0.25) is 9.59 Å². The van der Waals surface area contributed by atoms with Gasteiger partial charge in [0.15, 0.2) is 9.84 Å². The third-order valence-corrected chi connectivity index (χ3v) is 8.40. The molecule has 0 spiro atoms. The first-order chi connectivity index (χ1) is 13.4. The highest BCUT2D eigenvalue weighted by Crippen LogP contribution is 2.31. The SMILES string of the molecule is C[NH+]1CCN(C(=O)C(=O)NC[C@H](c2ccccc2)S(=O)(=O)c2cccs2)CC1. The molecule has 1 aromatic carbocycles. The number of benzene rings is 1. The Hall–Kier alpha value is -2.23. The molecule has 150 valence electrons. The molecule has 0 aliphatic carbocycles. The Bertz CT molecular complexity index is 906. The number of rotatable bonds is 5. The van der Waals surface area contributed by atoms with Crippen molar-refractivity contribution in [3.8, 4) is 0 Å². The number of carbonyl (C=O) groups is 2. The van der Waals surface area contributed by atoms with Gasteiger partial charge >= 0.3 is 11.8 Å². The van der Waals surface area contributed by atoms with Gasteiger partial charge in [-0.2, -0.15) is 0 Å². The van der Waals surface area contributed by atoms with E-state index in [1.807, 2.05) is 7.05 Å². The second kappa shape index (κ2) is 8.85. The Morgan fingerprint density at radius 2 is 1.82 bits per heavy atom. The fraction of sp³-hybridized carbons (Fsp3) is 0.368. The van der Waals surface area contributed by atoms with Gasteiger partial charge in [-0.1, -0.05) is 36.4 Å². The summed E-state index contributed by atoms with van der Waals surface area (Å²) in [4.78, 5) is 27.6. The van der Waals surface area contributed by atoms with Crippen LogP contribution >= 0.6 is 11.3 Å². The summed E-state index contributed by atoms with van der Waals surface area (Å²) in [7, 11) is -1.65. The summed E-state index contributed by atoms with van der Waals surface area (Å²) in [5.41, 5.74) is 0.576. The van der Waals surface area contributed by atoms with Crippen LogP contribution in [0, 0.1) is 0 Å². The number of sulfone groups is 1.